The summed E-state index contributed by atoms with van der Waals surface area (Å²) in [5.41, 5.74) is 2.61. The van der Waals surface area contributed by atoms with E-state index in [2.05, 4.69) is 4.90 Å². The molecule has 2 heterocycles. The number of halogens is 1. The summed E-state index contributed by atoms with van der Waals surface area (Å²) in [7, 11) is 0. The molecule has 1 saturated heterocycles. The van der Waals surface area contributed by atoms with Crippen molar-refractivity contribution >= 4 is 56.0 Å². The third-order valence-electron chi connectivity index (χ3n) is 5.44. The number of aryl methyl sites for hydroxylation is 1. The third kappa shape index (κ3) is 5.23. The second-order valence-corrected chi connectivity index (χ2v) is 9.80. The highest BCUT2D eigenvalue weighted by atomic mass is 35.5. The summed E-state index contributed by atoms with van der Waals surface area (Å²) in [5.74, 6) is -0.0225. The van der Waals surface area contributed by atoms with E-state index in [1.807, 2.05) is 54.5 Å². The number of nitrogens with zero attached hydrogens (tertiary/aromatic N) is 3. The minimum absolute atomic E-state index is 0.0225. The standard InChI is InChI=1S/C23H26ClN3O2S2/c1-16-7-8-19(24)21-20(16)25-23(31-21)27(10-4-9-26-11-13-29-14-12-26)22(28)17-5-3-6-18(15-17)30-2/h3,5-8,15H,4,9-14H2,1-2H3. The van der Waals surface area contributed by atoms with E-state index in [4.69, 9.17) is 21.3 Å². The van der Waals surface area contributed by atoms with Gasteiger partial charge in [0.1, 0.15) is 0 Å². The van der Waals surface area contributed by atoms with Crippen LogP contribution >= 0.6 is 34.7 Å². The summed E-state index contributed by atoms with van der Waals surface area (Å²) in [6.07, 6.45) is 2.89. The summed E-state index contributed by atoms with van der Waals surface area (Å²) in [6, 6.07) is 11.7. The van der Waals surface area contributed by atoms with Crippen LogP contribution in [-0.2, 0) is 4.74 Å². The lowest BCUT2D eigenvalue weighted by atomic mass is 10.2. The zero-order valence-corrected chi connectivity index (χ0v) is 20.2. The maximum atomic E-state index is 13.6. The van der Waals surface area contributed by atoms with E-state index in [0.29, 0.717) is 22.3 Å². The number of hydrogen-bond acceptors (Lipinski definition) is 6. The molecular formula is C23H26ClN3O2S2. The summed E-state index contributed by atoms with van der Waals surface area (Å²) in [5, 5.41) is 1.38. The minimum Gasteiger partial charge on any atom is -0.379 e. The number of benzene rings is 2. The second-order valence-electron chi connectivity index (χ2n) is 7.53. The van der Waals surface area contributed by atoms with Crippen LogP contribution in [0.4, 0.5) is 5.13 Å². The molecule has 2 aromatic carbocycles. The molecule has 0 unspecified atom stereocenters. The third-order valence-corrected chi connectivity index (χ3v) is 7.70. The Morgan fingerprint density at radius 1 is 1.29 bits per heavy atom. The van der Waals surface area contributed by atoms with Crippen LogP contribution in [0.1, 0.15) is 22.3 Å². The van der Waals surface area contributed by atoms with Crippen LogP contribution in [0.25, 0.3) is 10.2 Å². The number of carbonyl (C=O) groups is 1. The van der Waals surface area contributed by atoms with Gasteiger partial charge in [0.15, 0.2) is 5.13 Å². The average molecular weight is 476 g/mol. The highest BCUT2D eigenvalue weighted by Crippen LogP contribution is 2.36. The molecule has 8 heteroatoms. The Morgan fingerprint density at radius 2 is 2.10 bits per heavy atom. The number of anilines is 1. The molecule has 3 aromatic rings. The van der Waals surface area contributed by atoms with Gasteiger partial charge in [-0.2, -0.15) is 0 Å². The molecule has 4 rings (SSSR count). The number of thioether (sulfide) groups is 1. The fourth-order valence-corrected chi connectivity index (χ4v) is 5.48. The monoisotopic (exact) mass is 475 g/mol. The summed E-state index contributed by atoms with van der Waals surface area (Å²) >= 11 is 9.56. The van der Waals surface area contributed by atoms with Crippen LogP contribution in [0.15, 0.2) is 41.3 Å². The fraction of sp³-hybridized carbons (Fsp3) is 0.391. The minimum atomic E-state index is -0.0225. The van der Waals surface area contributed by atoms with Gasteiger partial charge in [0.2, 0.25) is 0 Å². The summed E-state index contributed by atoms with van der Waals surface area (Å²) < 4.78 is 6.37. The number of carbonyl (C=O) groups excluding carboxylic acids is 1. The summed E-state index contributed by atoms with van der Waals surface area (Å²) in [6.45, 7) is 7.01. The Hall–Kier alpha value is -1.64. The lowest BCUT2D eigenvalue weighted by Gasteiger charge is -2.27. The molecule has 1 aliphatic heterocycles. The smallest absolute Gasteiger partial charge is 0.260 e. The van der Waals surface area contributed by atoms with E-state index in [1.165, 1.54) is 11.3 Å². The zero-order chi connectivity index (χ0) is 21.8. The number of thiazole rings is 1. The van der Waals surface area contributed by atoms with E-state index < -0.39 is 0 Å². The van der Waals surface area contributed by atoms with Crippen molar-refractivity contribution in [2.24, 2.45) is 0 Å². The van der Waals surface area contributed by atoms with Gasteiger partial charge in [0.05, 0.1) is 28.5 Å². The van der Waals surface area contributed by atoms with Gasteiger partial charge in [-0.3, -0.25) is 14.6 Å². The van der Waals surface area contributed by atoms with Gasteiger partial charge in [-0.1, -0.05) is 35.1 Å². The van der Waals surface area contributed by atoms with Gasteiger partial charge in [-0.15, -0.1) is 11.8 Å². The summed E-state index contributed by atoms with van der Waals surface area (Å²) in [4.78, 5) is 23.7. The molecule has 0 aliphatic carbocycles. The van der Waals surface area contributed by atoms with E-state index >= 15 is 0 Å². The number of rotatable bonds is 7. The molecule has 164 valence electrons. The van der Waals surface area contributed by atoms with Crippen LogP contribution in [0, 0.1) is 6.92 Å². The predicted octanol–water partition coefficient (Wildman–Crippen LogP) is 5.35. The molecule has 0 atom stereocenters. The lowest BCUT2D eigenvalue weighted by molar-refractivity contribution is 0.0376. The molecule has 31 heavy (non-hydrogen) atoms. The molecule has 0 saturated carbocycles. The average Bonchev–Trinajstić information content (AvgIpc) is 3.26. The molecular weight excluding hydrogens is 450 g/mol. The number of aromatic nitrogens is 1. The quantitative estimate of drug-likeness (QED) is 0.431. The van der Waals surface area contributed by atoms with Gasteiger partial charge in [-0.05, 0) is 49.4 Å². The maximum Gasteiger partial charge on any atom is 0.260 e. The Labute approximate surface area is 196 Å². The van der Waals surface area contributed by atoms with Crippen molar-refractivity contribution in [1.29, 1.82) is 0 Å². The van der Waals surface area contributed by atoms with Gasteiger partial charge in [0, 0.05) is 36.6 Å². The van der Waals surface area contributed by atoms with Crippen molar-refractivity contribution in [3.8, 4) is 0 Å². The Morgan fingerprint density at radius 3 is 2.84 bits per heavy atom. The van der Waals surface area contributed by atoms with Gasteiger partial charge in [-0.25, -0.2) is 4.98 Å². The number of ether oxygens (including phenoxy) is 1. The molecule has 1 amide bonds. The topological polar surface area (TPSA) is 45.7 Å². The molecule has 1 aliphatic rings. The van der Waals surface area contributed by atoms with Crippen molar-refractivity contribution in [3.05, 3.63) is 52.5 Å². The number of hydrogen-bond donors (Lipinski definition) is 0. The predicted molar refractivity (Wildman–Crippen MR) is 131 cm³/mol. The molecule has 5 nitrogen and oxygen atoms in total. The van der Waals surface area contributed by atoms with Crippen molar-refractivity contribution in [3.63, 3.8) is 0 Å². The van der Waals surface area contributed by atoms with Gasteiger partial charge >= 0.3 is 0 Å². The normalized spacial score (nSPS) is 14.8. The first kappa shape index (κ1) is 22.6. The lowest BCUT2D eigenvalue weighted by Crippen LogP contribution is -2.39. The molecule has 1 fully saturated rings. The highest BCUT2D eigenvalue weighted by Gasteiger charge is 2.23. The van der Waals surface area contributed by atoms with Gasteiger partial charge < -0.3 is 4.74 Å². The molecule has 0 spiro atoms. The molecule has 1 aromatic heterocycles. The fourth-order valence-electron chi connectivity index (χ4n) is 3.68. The first-order valence-electron chi connectivity index (χ1n) is 10.4. The largest absolute Gasteiger partial charge is 0.379 e. The van der Waals surface area contributed by atoms with E-state index in [-0.39, 0.29) is 5.91 Å². The van der Waals surface area contributed by atoms with E-state index in [9.17, 15) is 4.79 Å². The molecule has 0 radical (unpaired) electrons. The van der Waals surface area contributed by atoms with Crippen LogP contribution in [-0.4, -0.2) is 61.4 Å². The van der Waals surface area contributed by atoms with Crippen molar-refractivity contribution in [1.82, 2.24) is 9.88 Å². The van der Waals surface area contributed by atoms with E-state index in [0.717, 1.165) is 59.9 Å². The molecule has 0 N–H and O–H groups in total. The van der Waals surface area contributed by atoms with Crippen LogP contribution in [0.2, 0.25) is 5.02 Å². The van der Waals surface area contributed by atoms with Gasteiger partial charge in [0.25, 0.3) is 5.91 Å². The first-order valence-corrected chi connectivity index (χ1v) is 12.8. The molecule has 0 bridgehead atoms. The first-order chi connectivity index (χ1) is 15.1. The number of amides is 1. The Kier molecular flexibility index (Phi) is 7.51. The second kappa shape index (κ2) is 10.3. The number of fused-ring (bicyclic) bond motifs is 1. The van der Waals surface area contributed by atoms with Crippen LogP contribution < -0.4 is 4.90 Å². The number of morpholine rings is 1. The van der Waals surface area contributed by atoms with Crippen molar-refractivity contribution in [2.75, 3.05) is 50.5 Å². The van der Waals surface area contributed by atoms with Crippen LogP contribution in [0.3, 0.4) is 0 Å². The Balaban J connectivity index is 1.62. The Bertz CT molecular complexity index is 1030. The zero-order valence-electron chi connectivity index (χ0n) is 17.8. The van der Waals surface area contributed by atoms with Crippen LogP contribution in [0.5, 0.6) is 0 Å². The van der Waals surface area contributed by atoms with E-state index in [1.54, 1.807) is 11.8 Å². The maximum absolute atomic E-state index is 13.6. The highest BCUT2D eigenvalue weighted by molar-refractivity contribution is 7.98. The van der Waals surface area contributed by atoms with Crippen molar-refractivity contribution in [2.45, 2.75) is 18.2 Å². The SMILES string of the molecule is CSc1cccc(C(=O)N(CCCN2CCOCC2)c2nc3c(C)ccc(Cl)c3s2)c1. The van der Waals surface area contributed by atoms with Crippen molar-refractivity contribution < 1.29 is 9.53 Å².